The van der Waals surface area contributed by atoms with Crippen LogP contribution in [0.5, 0.6) is 11.5 Å². The molecule has 0 radical (unpaired) electrons. The third-order valence-corrected chi connectivity index (χ3v) is 3.72. The van der Waals surface area contributed by atoms with Crippen LogP contribution in [0.4, 0.5) is 0 Å². The fourth-order valence-corrected chi connectivity index (χ4v) is 2.77. The predicted molar refractivity (Wildman–Crippen MR) is 76.7 cm³/mol. The van der Waals surface area contributed by atoms with Gasteiger partial charge in [0.1, 0.15) is 11.5 Å². The number of carboxylic acid groups (broad SMARTS) is 1. The van der Waals surface area contributed by atoms with E-state index in [0.29, 0.717) is 37.6 Å². The molecule has 0 aliphatic carbocycles. The summed E-state index contributed by atoms with van der Waals surface area (Å²) in [6.45, 7) is 1.71. The highest BCUT2D eigenvalue weighted by Crippen LogP contribution is 2.39. The topological polar surface area (TPSA) is 79.2 Å². The molecule has 1 heterocycles. The highest BCUT2D eigenvalue weighted by atomic mass is 16.5. The summed E-state index contributed by atoms with van der Waals surface area (Å²) in [5, 5.41) is 19.1. The van der Waals surface area contributed by atoms with E-state index in [1.54, 1.807) is 20.3 Å². The number of aliphatic hydroxyl groups excluding tert-OH is 1. The second-order valence-corrected chi connectivity index (χ2v) is 5.11. The number of aliphatic carboxylic acids is 1. The van der Waals surface area contributed by atoms with Gasteiger partial charge in [-0.25, -0.2) is 0 Å². The lowest BCUT2D eigenvalue weighted by Gasteiger charge is -2.33. The van der Waals surface area contributed by atoms with Gasteiger partial charge in [-0.3, -0.25) is 9.69 Å². The van der Waals surface area contributed by atoms with Gasteiger partial charge in [0.15, 0.2) is 0 Å². The van der Waals surface area contributed by atoms with E-state index in [4.69, 9.17) is 14.6 Å². The summed E-state index contributed by atoms with van der Waals surface area (Å²) in [5.41, 5.74) is 1.68. The van der Waals surface area contributed by atoms with Gasteiger partial charge in [0.2, 0.25) is 0 Å². The van der Waals surface area contributed by atoms with E-state index in [-0.39, 0.29) is 6.42 Å². The third-order valence-electron chi connectivity index (χ3n) is 3.72. The number of aliphatic hydroxyl groups is 1. The highest BCUT2D eigenvalue weighted by molar-refractivity contribution is 5.66. The number of carbonyl (C=O) groups is 1. The van der Waals surface area contributed by atoms with E-state index in [0.717, 1.165) is 11.1 Å². The molecule has 1 aliphatic heterocycles. The number of nitrogens with zero attached hydrogens (tertiary/aromatic N) is 1. The number of rotatable bonds is 6. The summed E-state index contributed by atoms with van der Waals surface area (Å²) in [5.74, 6) is 0.573. The monoisotopic (exact) mass is 295 g/mol. The molecule has 0 fully saturated rings. The van der Waals surface area contributed by atoms with Crippen LogP contribution in [0.15, 0.2) is 12.1 Å². The first-order valence-corrected chi connectivity index (χ1v) is 6.92. The fraction of sp³-hybridized carbons (Fsp3) is 0.533. The lowest BCUT2D eigenvalue weighted by molar-refractivity contribution is -0.137. The zero-order valence-corrected chi connectivity index (χ0v) is 12.3. The Kier molecular flexibility index (Phi) is 5.03. The van der Waals surface area contributed by atoms with Gasteiger partial charge in [0, 0.05) is 30.6 Å². The van der Waals surface area contributed by atoms with Crippen molar-refractivity contribution in [1.82, 2.24) is 4.90 Å². The molecule has 116 valence electrons. The molecule has 0 saturated heterocycles. The van der Waals surface area contributed by atoms with Crippen LogP contribution in [0.3, 0.4) is 0 Å². The Morgan fingerprint density at radius 1 is 1.33 bits per heavy atom. The largest absolute Gasteiger partial charge is 0.496 e. The number of hydrogen-bond donors (Lipinski definition) is 2. The van der Waals surface area contributed by atoms with Gasteiger partial charge in [0.25, 0.3) is 0 Å². The standard InChI is InChI=1S/C15H21NO5/c1-20-12-5-6-13(21-2)15-10(12)8-16(9-11(15)17)7-3-4-14(18)19/h5-6,11,17H,3-4,7-9H2,1-2H3,(H,18,19). The van der Waals surface area contributed by atoms with Crippen LogP contribution in [-0.2, 0) is 11.3 Å². The first-order chi connectivity index (χ1) is 10.1. The van der Waals surface area contributed by atoms with Crippen molar-refractivity contribution in [2.75, 3.05) is 27.3 Å². The van der Waals surface area contributed by atoms with Crippen molar-refractivity contribution in [2.45, 2.75) is 25.5 Å². The van der Waals surface area contributed by atoms with Crippen molar-refractivity contribution in [2.24, 2.45) is 0 Å². The van der Waals surface area contributed by atoms with Crippen LogP contribution < -0.4 is 9.47 Å². The van der Waals surface area contributed by atoms with Crippen molar-refractivity contribution in [1.29, 1.82) is 0 Å². The molecular weight excluding hydrogens is 274 g/mol. The average Bonchev–Trinajstić information content (AvgIpc) is 2.45. The molecule has 0 amide bonds. The summed E-state index contributed by atoms with van der Waals surface area (Å²) >= 11 is 0. The summed E-state index contributed by atoms with van der Waals surface area (Å²) in [4.78, 5) is 12.6. The Bertz CT molecular complexity index is 517. The minimum absolute atomic E-state index is 0.134. The van der Waals surface area contributed by atoms with Crippen LogP contribution >= 0.6 is 0 Å². The smallest absolute Gasteiger partial charge is 0.303 e. The van der Waals surface area contributed by atoms with E-state index >= 15 is 0 Å². The van der Waals surface area contributed by atoms with Crippen LogP contribution in [0, 0.1) is 0 Å². The summed E-state index contributed by atoms with van der Waals surface area (Å²) in [7, 11) is 3.17. The normalized spacial score (nSPS) is 18.1. The molecule has 0 saturated carbocycles. The quantitative estimate of drug-likeness (QED) is 0.826. The molecule has 0 aromatic heterocycles. The minimum Gasteiger partial charge on any atom is -0.496 e. The molecule has 6 nitrogen and oxygen atoms in total. The van der Waals surface area contributed by atoms with Gasteiger partial charge in [-0.05, 0) is 25.1 Å². The molecule has 2 rings (SSSR count). The van der Waals surface area contributed by atoms with Gasteiger partial charge >= 0.3 is 5.97 Å². The fourth-order valence-electron chi connectivity index (χ4n) is 2.77. The Morgan fingerprint density at radius 2 is 2.00 bits per heavy atom. The van der Waals surface area contributed by atoms with Crippen molar-refractivity contribution in [3.63, 3.8) is 0 Å². The first kappa shape index (κ1) is 15.6. The molecule has 0 spiro atoms. The number of ether oxygens (including phenoxy) is 2. The third kappa shape index (κ3) is 3.46. The minimum atomic E-state index is -0.799. The predicted octanol–water partition coefficient (Wildman–Crippen LogP) is 1.42. The maximum atomic E-state index is 10.6. The van der Waals surface area contributed by atoms with Crippen molar-refractivity contribution in [3.8, 4) is 11.5 Å². The number of β-amino-alcohol motifs (C(OH)–C–C–N with tert-alkyl or cyclic N) is 1. The molecule has 0 bridgehead atoms. The maximum Gasteiger partial charge on any atom is 0.303 e. The van der Waals surface area contributed by atoms with E-state index in [2.05, 4.69) is 0 Å². The molecule has 1 unspecified atom stereocenters. The lowest BCUT2D eigenvalue weighted by Crippen LogP contribution is -2.35. The molecule has 1 atom stereocenters. The average molecular weight is 295 g/mol. The number of benzene rings is 1. The summed E-state index contributed by atoms with van der Waals surface area (Å²) in [6, 6.07) is 3.62. The van der Waals surface area contributed by atoms with E-state index in [9.17, 15) is 9.90 Å². The highest BCUT2D eigenvalue weighted by Gasteiger charge is 2.29. The zero-order chi connectivity index (χ0) is 15.4. The van der Waals surface area contributed by atoms with Crippen LogP contribution in [0.2, 0.25) is 0 Å². The van der Waals surface area contributed by atoms with Crippen LogP contribution in [0.25, 0.3) is 0 Å². The number of hydrogen-bond acceptors (Lipinski definition) is 5. The van der Waals surface area contributed by atoms with E-state index in [1.165, 1.54) is 0 Å². The Labute approximate surface area is 123 Å². The molecule has 2 N–H and O–H groups in total. The second-order valence-electron chi connectivity index (χ2n) is 5.11. The van der Waals surface area contributed by atoms with Gasteiger partial charge in [-0.2, -0.15) is 0 Å². The Hall–Kier alpha value is -1.79. The van der Waals surface area contributed by atoms with Gasteiger partial charge in [-0.1, -0.05) is 0 Å². The zero-order valence-electron chi connectivity index (χ0n) is 12.3. The Balaban J connectivity index is 2.19. The van der Waals surface area contributed by atoms with Crippen molar-refractivity contribution in [3.05, 3.63) is 23.3 Å². The van der Waals surface area contributed by atoms with Gasteiger partial charge in [0.05, 0.1) is 20.3 Å². The SMILES string of the molecule is COc1ccc(OC)c2c1CN(CCCC(=O)O)CC2O. The van der Waals surface area contributed by atoms with Crippen LogP contribution in [-0.4, -0.2) is 48.4 Å². The number of methoxy groups -OCH3 is 2. The molecule has 1 aromatic rings. The molecule has 1 aromatic carbocycles. The lowest BCUT2D eigenvalue weighted by atomic mass is 9.95. The molecule has 21 heavy (non-hydrogen) atoms. The Morgan fingerprint density at radius 3 is 2.62 bits per heavy atom. The number of carboxylic acids is 1. The second kappa shape index (κ2) is 6.78. The van der Waals surface area contributed by atoms with Crippen LogP contribution in [0.1, 0.15) is 30.1 Å². The van der Waals surface area contributed by atoms with E-state index < -0.39 is 12.1 Å². The van der Waals surface area contributed by atoms with E-state index in [1.807, 2.05) is 11.0 Å². The summed E-state index contributed by atoms with van der Waals surface area (Å²) < 4.78 is 10.7. The molecule has 1 aliphatic rings. The molecular formula is C15H21NO5. The van der Waals surface area contributed by atoms with Crippen molar-refractivity contribution < 1.29 is 24.5 Å². The summed E-state index contributed by atoms with van der Waals surface area (Å²) in [6.07, 6.45) is 0.0295. The van der Waals surface area contributed by atoms with Crippen molar-refractivity contribution >= 4 is 5.97 Å². The van der Waals surface area contributed by atoms with Gasteiger partial charge in [-0.15, -0.1) is 0 Å². The maximum absolute atomic E-state index is 10.6. The van der Waals surface area contributed by atoms with Gasteiger partial charge < -0.3 is 19.7 Å². The molecule has 6 heteroatoms. The first-order valence-electron chi connectivity index (χ1n) is 6.92. The number of fused-ring (bicyclic) bond motifs is 1.